The van der Waals surface area contributed by atoms with Gasteiger partial charge in [0.25, 0.3) is 0 Å². The fraction of sp³-hybridized carbons (Fsp3) is 0.250. The summed E-state index contributed by atoms with van der Waals surface area (Å²) in [5.41, 5.74) is 1.37. The van der Waals surface area contributed by atoms with Crippen molar-refractivity contribution in [2.45, 2.75) is 12.8 Å². The highest BCUT2D eigenvalue weighted by molar-refractivity contribution is 6.17. The highest BCUT2D eigenvalue weighted by atomic mass is 35.5. The minimum Gasteiger partial charge on any atom is -0.325 e. The molecule has 1 amide bonds. The largest absolute Gasteiger partial charge is 0.325 e. The number of anilines is 1. The van der Waals surface area contributed by atoms with Gasteiger partial charge in [0, 0.05) is 13.1 Å². The quantitative estimate of drug-likeness (QED) is 0.712. The first-order chi connectivity index (χ1) is 5.74. The molecule has 0 fully saturated rings. The number of carbonyl (C=O) groups is 1. The van der Waals surface area contributed by atoms with E-state index in [2.05, 4.69) is 10.3 Å². The number of carbonyl (C=O) groups excluding carboxylic acids is 1. The molecule has 1 aromatic rings. The Balaban J connectivity index is 2.89. The van der Waals surface area contributed by atoms with E-state index in [4.69, 9.17) is 11.6 Å². The fourth-order valence-electron chi connectivity index (χ4n) is 0.848. The predicted molar refractivity (Wildman–Crippen MR) is 48.1 cm³/mol. The molecule has 0 spiro atoms. The van der Waals surface area contributed by atoms with Crippen molar-refractivity contribution >= 4 is 23.2 Å². The average molecular weight is 185 g/mol. The number of hydrogen-bond donors (Lipinski definition) is 1. The molecule has 1 N–H and O–H groups in total. The van der Waals surface area contributed by atoms with Gasteiger partial charge in [0.1, 0.15) is 0 Å². The molecule has 1 rings (SSSR count). The van der Waals surface area contributed by atoms with E-state index >= 15 is 0 Å². The van der Waals surface area contributed by atoms with Crippen LogP contribution in [0.25, 0.3) is 0 Å². The van der Waals surface area contributed by atoms with Crippen LogP contribution in [0.3, 0.4) is 0 Å². The minimum absolute atomic E-state index is 0.116. The summed E-state index contributed by atoms with van der Waals surface area (Å²) >= 11 is 5.60. The second-order valence-corrected chi connectivity index (χ2v) is 2.58. The van der Waals surface area contributed by atoms with Crippen molar-refractivity contribution in [2.24, 2.45) is 0 Å². The van der Waals surface area contributed by atoms with E-state index in [0.717, 1.165) is 0 Å². The van der Waals surface area contributed by atoms with E-state index < -0.39 is 0 Å². The van der Waals surface area contributed by atoms with Crippen LogP contribution < -0.4 is 5.32 Å². The van der Waals surface area contributed by atoms with Gasteiger partial charge in [0.2, 0.25) is 5.91 Å². The molecule has 1 aromatic heterocycles. The van der Waals surface area contributed by atoms with Gasteiger partial charge >= 0.3 is 0 Å². The van der Waals surface area contributed by atoms with Crippen LogP contribution in [-0.4, -0.2) is 10.9 Å². The van der Waals surface area contributed by atoms with Gasteiger partial charge in [0.15, 0.2) is 0 Å². The third-order valence-corrected chi connectivity index (χ3v) is 1.58. The van der Waals surface area contributed by atoms with Gasteiger partial charge in [-0.1, -0.05) is 0 Å². The smallest absolute Gasteiger partial charge is 0.221 e. The first-order valence-corrected chi connectivity index (χ1v) is 4.05. The highest BCUT2D eigenvalue weighted by Crippen LogP contribution is 2.13. The second kappa shape index (κ2) is 4.07. The molecular formula is C8H9ClN2O. The number of amides is 1. The molecule has 0 saturated heterocycles. The lowest BCUT2D eigenvalue weighted by atomic mass is 10.3. The molecule has 0 saturated carbocycles. The Bertz CT molecular complexity index is 288. The normalized spacial score (nSPS) is 9.50. The summed E-state index contributed by atoms with van der Waals surface area (Å²) in [7, 11) is 0. The zero-order valence-electron chi connectivity index (χ0n) is 6.67. The highest BCUT2D eigenvalue weighted by Gasteiger charge is 2.01. The lowest BCUT2D eigenvalue weighted by molar-refractivity contribution is -0.114. The van der Waals surface area contributed by atoms with Crippen molar-refractivity contribution in [1.29, 1.82) is 0 Å². The summed E-state index contributed by atoms with van der Waals surface area (Å²) in [5.74, 6) is 0.186. The van der Waals surface area contributed by atoms with E-state index in [1.807, 2.05) is 0 Å². The van der Waals surface area contributed by atoms with E-state index in [1.165, 1.54) is 6.92 Å². The van der Waals surface area contributed by atoms with Gasteiger partial charge in [0.05, 0.1) is 17.3 Å². The standard InChI is InChI=1S/C8H9ClN2O/c1-6(12)11-7-3-2-4-10-8(7)5-9/h2-4H,5H2,1H3,(H,11,12). The molecule has 3 nitrogen and oxygen atoms in total. The van der Waals surface area contributed by atoms with Crippen molar-refractivity contribution < 1.29 is 4.79 Å². The molecule has 0 aliphatic rings. The first-order valence-electron chi connectivity index (χ1n) is 3.51. The van der Waals surface area contributed by atoms with Crippen LogP contribution in [-0.2, 0) is 10.7 Å². The lowest BCUT2D eigenvalue weighted by Crippen LogP contribution is -2.08. The molecule has 0 aliphatic heterocycles. The monoisotopic (exact) mass is 184 g/mol. The van der Waals surface area contributed by atoms with Crippen molar-refractivity contribution in [1.82, 2.24) is 4.98 Å². The Morgan fingerprint density at radius 1 is 1.75 bits per heavy atom. The summed E-state index contributed by atoms with van der Waals surface area (Å²) in [6, 6.07) is 3.52. The Morgan fingerprint density at radius 2 is 2.50 bits per heavy atom. The van der Waals surface area contributed by atoms with Crippen LogP contribution in [0, 0.1) is 0 Å². The van der Waals surface area contributed by atoms with Crippen molar-refractivity contribution in [3.8, 4) is 0 Å². The Labute approximate surface area is 75.8 Å². The number of pyridine rings is 1. The van der Waals surface area contributed by atoms with Crippen LogP contribution in [0.1, 0.15) is 12.6 Å². The van der Waals surface area contributed by atoms with Gasteiger partial charge in [-0.2, -0.15) is 0 Å². The summed E-state index contributed by atoms with van der Waals surface area (Å²) < 4.78 is 0. The number of hydrogen-bond acceptors (Lipinski definition) is 2. The number of nitrogens with one attached hydrogen (secondary N) is 1. The van der Waals surface area contributed by atoms with Gasteiger partial charge < -0.3 is 5.32 Å². The van der Waals surface area contributed by atoms with Crippen molar-refractivity contribution in [2.75, 3.05) is 5.32 Å². The first kappa shape index (κ1) is 9.00. The third-order valence-electron chi connectivity index (χ3n) is 1.33. The zero-order valence-corrected chi connectivity index (χ0v) is 7.43. The van der Waals surface area contributed by atoms with E-state index in [0.29, 0.717) is 17.3 Å². The van der Waals surface area contributed by atoms with E-state index in [-0.39, 0.29) is 5.91 Å². The molecule has 0 atom stereocenters. The molecule has 0 radical (unpaired) electrons. The number of aromatic nitrogens is 1. The molecule has 64 valence electrons. The zero-order chi connectivity index (χ0) is 8.97. The molecule has 12 heavy (non-hydrogen) atoms. The maximum Gasteiger partial charge on any atom is 0.221 e. The molecule has 0 unspecified atom stereocenters. The van der Waals surface area contributed by atoms with Gasteiger partial charge in [-0.05, 0) is 12.1 Å². The summed E-state index contributed by atoms with van der Waals surface area (Å²) in [6.45, 7) is 1.45. The summed E-state index contributed by atoms with van der Waals surface area (Å²) in [4.78, 5) is 14.7. The molecule has 1 heterocycles. The van der Waals surface area contributed by atoms with Gasteiger partial charge in [-0.25, -0.2) is 0 Å². The van der Waals surface area contributed by atoms with E-state index in [1.54, 1.807) is 18.3 Å². The maximum absolute atomic E-state index is 10.7. The van der Waals surface area contributed by atoms with Crippen LogP contribution in [0.15, 0.2) is 18.3 Å². The number of alkyl halides is 1. The fourth-order valence-corrected chi connectivity index (χ4v) is 1.06. The summed E-state index contributed by atoms with van der Waals surface area (Å²) in [5, 5.41) is 2.64. The molecular weight excluding hydrogens is 176 g/mol. The Morgan fingerprint density at radius 3 is 3.08 bits per heavy atom. The van der Waals surface area contributed by atoms with Gasteiger partial charge in [-0.15, -0.1) is 11.6 Å². The summed E-state index contributed by atoms with van der Waals surface area (Å²) in [6.07, 6.45) is 1.64. The van der Waals surface area contributed by atoms with Crippen LogP contribution >= 0.6 is 11.6 Å². The minimum atomic E-state index is -0.116. The second-order valence-electron chi connectivity index (χ2n) is 2.31. The number of halogens is 1. The molecule has 0 aromatic carbocycles. The Hall–Kier alpha value is -1.09. The number of nitrogens with zero attached hydrogens (tertiary/aromatic N) is 1. The third kappa shape index (κ3) is 2.20. The van der Waals surface area contributed by atoms with E-state index in [9.17, 15) is 4.79 Å². The van der Waals surface area contributed by atoms with Crippen molar-refractivity contribution in [3.63, 3.8) is 0 Å². The topological polar surface area (TPSA) is 42.0 Å². The average Bonchev–Trinajstić information content (AvgIpc) is 2.04. The lowest BCUT2D eigenvalue weighted by Gasteiger charge is -2.04. The van der Waals surface area contributed by atoms with Gasteiger partial charge in [-0.3, -0.25) is 9.78 Å². The van der Waals surface area contributed by atoms with Crippen molar-refractivity contribution in [3.05, 3.63) is 24.0 Å². The predicted octanol–water partition coefficient (Wildman–Crippen LogP) is 1.78. The maximum atomic E-state index is 10.7. The SMILES string of the molecule is CC(=O)Nc1cccnc1CCl. The van der Waals surface area contributed by atoms with Crippen LogP contribution in [0.2, 0.25) is 0 Å². The van der Waals surface area contributed by atoms with Crippen LogP contribution in [0.4, 0.5) is 5.69 Å². The molecule has 4 heteroatoms. The number of rotatable bonds is 2. The molecule has 0 bridgehead atoms. The molecule has 0 aliphatic carbocycles. The Kier molecular flexibility index (Phi) is 3.05. The van der Waals surface area contributed by atoms with Crippen LogP contribution in [0.5, 0.6) is 0 Å².